The maximum atomic E-state index is 12.0. The molecule has 0 aromatic carbocycles. The summed E-state index contributed by atoms with van der Waals surface area (Å²) in [6.45, 7) is 2.59. The molecule has 3 heterocycles. The third-order valence-corrected chi connectivity index (χ3v) is 3.38. The molecule has 0 atom stereocenters. The lowest BCUT2D eigenvalue weighted by Crippen LogP contribution is -2.27. The molecule has 2 aromatic heterocycles. The Morgan fingerprint density at radius 3 is 3.20 bits per heavy atom. The van der Waals surface area contributed by atoms with Gasteiger partial charge in [-0.3, -0.25) is 9.48 Å². The van der Waals surface area contributed by atoms with E-state index in [4.69, 9.17) is 4.74 Å². The Bertz CT molecular complexity index is 598. The largest absolute Gasteiger partial charge is 0.478 e. The van der Waals surface area contributed by atoms with Crippen LogP contribution >= 0.6 is 15.9 Å². The van der Waals surface area contributed by atoms with E-state index in [9.17, 15) is 4.79 Å². The van der Waals surface area contributed by atoms with E-state index in [1.807, 2.05) is 6.20 Å². The fourth-order valence-electron chi connectivity index (χ4n) is 2.01. The van der Waals surface area contributed by atoms with E-state index >= 15 is 0 Å². The molecule has 7 nitrogen and oxygen atoms in total. The number of fused-ring (bicyclic) bond motifs is 1. The summed E-state index contributed by atoms with van der Waals surface area (Å²) in [6.07, 6.45) is 4.49. The molecule has 0 radical (unpaired) electrons. The van der Waals surface area contributed by atoms with Crippen LogP contribution in [-0.2, 0) is 13.1 Å². The Labute approximate surface area is 124 Å². The zero-order valence-electron chi connectivity index (χ0n) is 10.8. The van der Waals surface area contributed by atoms with Gasteiger partial charge < -0.3 is 10.1 Å². The molecule has 1 amide bonds. The van der Waals surface area contributed by atoms with Crippen molar-refractivity contribution in [2.24, 2.45) is 0 Å². The van der Waals surface area contributed by atoms with Crippen LogP contribution in [-0.4, -0.2) is 38.6 Å². The van der Waals surface area contributed by atoms with Crippen LogP contribution in [0, 0.1) is 0 Å². The molecule has 1 aliphatic heterocycles. The van der Waals surface area contributed by atoms with Crippen LogP contribution in [0.3, 0.4) is 0 Å². The number of carbonyl (C=O) groups excluding carboxylic acids is 1. The molecule has 0 saturated carbocycles. The maximum absolute atomic E-state index is 12.0. The molecule has 3 rings (SSSR count). The predicted octanol–water partition coefficient (Wildman–Crippen LogP) is 1.05. The van der Waals surface area contributed by atoms with Gasteiger partial charge in [0.25, 0.3) is 5.91 Å². The van der Waals surface area contributed by atoms with Gasteiger partial charge in [-0.1, -0.05) is 0 Å². The first kappa shape index (κ1) is 13.2. The molecule has 0 saturated heterocycles. The fourth-order valence-corrected chi connectivity index (χ4v) is 2.34. The highest BCUT2D eigenvalue weighted by atomic mass is 79.9. The van der Waals surface area contributed by atoms with E-state index in [0.717, 1.165) is 17.4 Å². The summed E-state index contributed by atoms with van der Waals surface area (Å²) in [4.78, 5) is 12.0. The maximum Gasteiger partial charge on any atom is 0.271 e. The van der Waals surface area contributed by atoms with Crippen LogP contribution in [0.1, 0.15) is 16.9 Å². The topological polar surface area (TPSA) is 74.0 Å². The van der Waals surface area contributed by atoms with Crippen molar-refractivity contribution in [3.05, 3.63) is 28.6 Å². The standard InChI is InChI=1S/C12H14BrN5O2/c13-9-7-15-17(8-9)4-2-14-12(19)10-6-11-18(16-10)3-1-5-20-11/h6-8H,1-5H2,(H,14,19). The fraction of sp³-hybridized carbons (Fsp3) is 0.417. The zero-order valence-corrected chi connectivity index (χ0v) is 12.3. The molecular formula is C12H14BrN5O2. The number of aryl methyl sites for hydroxylation is 1. The minimum atomic E-state index is -0.193. The second kappa shape index (κ2) is 5.66. The van der Waals surface area contributed by atoms with Crippen molar-refractivity contribution in [3.8, 4) is 5.88 Å². The van der Waals surface area contributed by atoms with Gasteiger partial charge in [0, 0.05) is 31.8 Å². The Kier molecular flexibility index (Phi) is 3.72. The van der Waals surface area contributed by atoms with Gasteiger partial charge in [-0.15, -0.1) is 0 Å². The van der Waals surface area contributed by atoms with Gasteiger partial charge >= 0.3 is 0 Å². The van der Waals surface area contributed by atoms with E-state index in [2.05, 4.69) is 31.4 Å². The molecule has 1 aliphatic rings. The molecule has 0 fully saturated rings. The minimum absolute atomic E-state index is 0.193. The highest BCUT2D eigenvalue weighted by molar-refractivity contribution is 9.10. The summed E-state index contributed by atoms with van der Waals surface area (Å²) >= 11 is 3.32. The molecule has 0 spiro atoms. The van der Waals surface area contributed by atoms with Gasteiger partial charge in [0.2, 0.25) is 5.88 Å². The summed E-state index contributed by atoms with van der Waals surface area (Å²) < 4.78 is 9.83. The van der Waals surface area contributed by atoms with E-state index in [1.54, 1.807) is 21.6 Å². The first-order valence-corrected chi connectivity index (χ1v) is 7.18. The highest BCUT2D eigenvalue weighted by Gasteiger charge is 2.17. The number of ether oxygens (including phenoxy) is 1. The normalized spacial score (nSPS) is 13.7. The smallest absolute Gasteiger partial charge is 0.271 e. The molecule has 2 aromatic rings. The lowest BCUT2D eigenvalue weighted by molar-refractivity contribution is 0.0946. The van der Waals surface area contributed by atoms with Gasteiger partial charge in [0.1, 0.15) is 0 Å². The second-order valence-corrected chi connectivity index (χ2v) is 5.39. The van der Waals surface area contributed by atoms with E-state index in [0.29, 0.717) is 31.3 Å². The van der Waals surface area contributed by atoms with Gasteiger partial charge in [0.15, 0.2) is 5.69 Å². The average Bonchev–Trinajstić information content (AvgIpc) is 3.04. The van der Waals surface area contributed by atoms with E-state index in [-0.39, 0.29) is 5.91 Å². The van der Waals surface area contributed by atoms with Crippen molar-refractivity contribution in [3.63, 3.8) is 0 Å². The van der Waals surface area contributed by atoms with Crippen LogP contribution in [0.2, 0.25) is 0 Å². The van der Waals surface area contributed by atoms with Crippen molar-refractivity contribution in [1.82, 2.24) is 24.9 Å². The summed E-state index contributed by atoms with van der Waals surface area (Å²) in [6, 6.07) is 1.68. The van der Waals surface area contributed by atoms with Gasteiger partial charge in [-0.05, 0) is 15.9 Å². The van der Waals surface area contributed by atoms with Gasteiger partial charge in [0.05, 0.1) is 23.8 Å². The third kappa shape index (κ3) is 2.84. The molecule has 0 unspecified atom stereocenters. The van der Waals surface area contributed by atoms with Crippen LogP contribution in [0.4, 0.5) is 0 Å². The summed E-state index contributed by atoms with van der Waals surface area (Å²) in [5.41, 5.74) is 0.392. The van der Waals surface area contributed by atoms with Crippen LogP contribution in [0.15, 0.2) is 22.9 Å². The van der Waals surface area contributed by atoms with Crippen molar-refractivity contribution in [2.75, 3.05) is 13.2 Å². The number of halogens is 1. The van der Waals surface area contributed by atoms with Crippen molar-refractivity contribution in [2.45, 2.75) is 19.5 Å². The quantitative estimate of drug-likeness (QED) is 0.903. The van der Waals surface area contributed by atoms with Crippen molar-refractivity contribution >= 4 is 21.8 Å². The van der Waals surface area contributed by atoms with Gasteiger partial charge in [-0.25, -0.2) is 4.68 Å². The lowest BCUT2D eigenvalue weighted by Gasteiger charge is -2.13. The Balaban J connectivity index is 1.55. The minimum Gasteiger partial charge on any atom is -0.478 e. The number of nitrogens with zero attached hydrogens (tertiary/aromatic N) is 4. The number of nitrogens with one attached hydrogen (secondary N) is 1. The highest BCUT2D eigenvalue weighted by Crippen LogP contribution is 2.18. The molecule has 0 aliphatic carbocycles. The first-order chi connectivity index (χ1) is 9.72. The lowest BCUT2D eigenvalue weighted by atomic mass is 10.4. The zero-order chi connectivity index (χ0) is 13.9. The predicted molar refractivity (Wildman–Crippen MR) is 74.6 cm³/mol. The average molecular weight is 340 g/mol. The van der Waals surface area contributed by atoms with Crippen molar-refractivity contribution < 1.29 is 9.53 Å². The van der Waals surface area contributed by atoms with E-state index in [1.165, 1.54) is 0 Å². The number of aromatic nitrogens is 4. The summed E-state index contributed by atoms with van der Waals surface area (Å²) in [7, 11) is 0. The molecule has 8 heteroatoms. The van der Waals surface area contributed by atoms with Gasteiger partial charge in [-0.2, -0.15) is 10.2 Å². The first-order valence-electron chi connectivity index (χ1n) is 6.39. The Morgan fingerprint density at radius 1 is 1.55 bits per heavy atom. The number of carbonyl (C=O) groups is 1. The van der Waals surface area contributed by atoms with Crippen LogP contribution in [0.25, 0.3) is 0 Å². The monoisotopic (exact) mass is 339 g/mol. The van der Waals surface area contributed by atoms with Crippen LogP contribution < -0.4 is 10.1 Å². The molecule has 0 bridgehead atoms. The second-order valence-electron chi connectivity index (χ2n) is 4.47. The Morgan fingerprint density at radius 2 is 2.45 bits per heavy atom. The Hall–Kier alpha value is -1.83. The molecule has 20 heavy (non-hydrogen) atoms. The SMILES string of the molecule is O=C(NCCn1cc(Br)cn1)c1cc2n(n1)CCCO2. The molecule has 1 N–H and O–H groups in total. The third-order valence-electron chi connectivity index (χ3n) is 2.97. The number of hydrogen-bond acceptors (Lipinski definition) is 4. The van der Waals surface area contributed by atoms with E-state index < -0.39 is 0 Å². The van der Waals surface area contributed by atoms with Crippen molar-refractivity contribution in [1.29, 1.82) is 0 Å². The summed E-state index contributed by atoms with van der Waals surface area (Å²) in [5, 5.41) is 11.2. The number of rotatable bonds is 4. The number of amides is 1. The molecule has 106 valence electrons. The molecular weight excluding hydrogens is 326 g/mol. The van der Waals surface area contributed by atoms with Crippen LogP contribution in [0.5, 0.6) is 5.88 Å². The summed E-state index contributed by atoms with van der Waals surface area (Å²) in [5.74, 6) is 0.471. The number of hydrogen-bond donors (Lipinski definition) is 1.